The summed E-state index contributed by atoms with van der Waals surface area (Å²) in [7, 11) is 0. The number of nitrogens with two attached hydrogens (primary N) is 1. The van der Waals surface area contributed by atoms with Crippen molar-refractivity contribution >= 4 is 11.3 Å². The van der Waals surface area contributed by atoms with E-state index in [0.717, 1.165) is 6.42 Å². The molecule has 1 atom stereocenters. The highest BCUT2D eigenvalue weighted by Crippen LogP contribution is 2.24. The molecule has 1 heterocycles. The largest absolute Gasteiger partial charge is 0.320 e. The lowest BCUT2D eigenvalue weighted by Crippen LogP contribution is -2.07. The van der Waals surface area contributed by atoms with Gasteiger partial charge in [0.25, 0.3) is 0 Å². The first-order valence-electron chi connectivity index (χ1n) is 4.62. The Morgan fingerprint density at radius 2 is 2.31 bits per heavy atom. The maximum Gasteiger partial charge on any atom is 0.0580 e. The van der Waals surface area contributed by atoms with Crippen LogP contribution in [-0.4, -0.2) is 0 Å². The fourth-order valence-corrected chi connectivity index (χ4v) is 2.33. The van der Waals surface area contributed by atoms with E-state index in [1.165, 1.54) is 16.0 Å². The summed E-state index contributed by atoms with van der Waals surface area (Å²) in [6.45, 7) is 6.33. The highest BCUT2D eigenvalue weighted by Gasteiger charge is 2.08. The van der Waals surface area contributed by atoms with Gasteiger partial charge < -0.3 is 5.73 Å². The van der Waals surface area contributed by atoms with Crippen LogP contribution in [0.25, 0.3) is 0 Å². The average molecular weight is 195 g/mol. The molecule has 0 saturated heterocycles. The molecule has 0 amide bonds. The standard InChI is InChI=1S/C11H17NS/c1-4-9-5-6-13-11(9)10(12)7-8(2)3/h5-7,10H,4,12H2,1-3H3. The second-order valence-electron chi connectivity index (χ2n) is 3.43. The molecule has 1 unspecified atom stereocenters. The molecule has 2 N–H and O–H groups in total. The third-order valence-corrected chi connectivity index (χ3v) is 3.04. The van der Waals surface area contributed by atoms with Gasteiger partial charge in [-0.15, -0.1) is 11.3 Å². The van der Waals surface area contributed by atoms with E-state index in [0.29, 0.717) is 0 Å². The van der Waals surface area contributed by atoms with Gasteiger partial charge in [0.1, 0.15) is 0 Å². The van der Waals surface area contributed by atoms with Crippen LogP contribution in [0.3, 0.4) is 0 Å². The van der Waals surface area contributed by atoms with Crippen LogP contribution in [0.2, 0.25) is 0 Å². The van der Waals surface area contributed by atoms with Crippen LogP contribution >= 0.6 is 11.3 Å². The van der Waals surface area contributed by atoms with Gasteiger partial charge in [-0.3, -0.25) is 0 Å². The summed E-state index contributed by atoms with van der Waals surface area (Å²) >= 11 is 1.75. The monoisotopic (exact) mass is 195 g/mol. The normalized spacial score (nSPS) is 12.6. The minimum Gasteiger partial charge on any atom is -0.320 e. The molecule has 13 heavy (non-hydrogen) atoms. The predicted molar refractivity (Wildman–Crippen MR) is 60.1 cm³/mol. The van der Waals surface area contributed by atoms with Crippen LogP contribution in [0.1, 0.15) is 37.3 Å². The Kier molecular flexibility index (Phi) is 3.70. The van der Waals surface area contributed by atoms with Crippen molar-refractivity contribution in [2.45, 2.75) is 33.2 Å². The van der Waals surface area contributed by atoms with Gasteiger partial charge in [-0.05, 0) is 37.3 Å². The van der Waals surface area contributed by atoms with Gasteiger partial charge in [-0.2, -0.15) is 0 Å². The van der Waals surface area contributed by atoms with Crippen LogP contribution < -0.4 is 5.73 Å². The Bertz CT molecular complexity index is 295. The van der Waals surface area contributed by atoms with Crippen LogP contribution in [0.15, 0.2) is 23.1 Å². The Labute approximate surface area is 84.3 Å². The molecule has 0 saturated carbocycles. The maximum atomic E-state index is 6.05. The van der Waals surface area contributed by atoms with Gasteiger partial charge in [-0.25, -0.2) is 0 Å². The number of hydrogen-bond donors (Lipinski definition) is 1. The van der Waals surface area contributed by atoms with Crippen molar-refractivity contribution in [3.63, 3.8) is 0 Å². The molecule has 0 aromatic carbocycles. The molecule has 2 heteroatoms. The Hall–Kier alpha value is -0.600. The maximum absolute atomic E-state index is 6.05. The summed E-state index contributed by atoms with van der Waals surface area (Å²) in [5.74, 6) is 0. The average Bonchev–Trinajstić information content (AvgIpc) is 2.49. The van der Waals surface area contributed by atoms with Crippen molar-refractivity contribution in [1.82, 2.24) is 0 Å². The lowest BCUT2D eigenvalue weighted by Gasteiger charge is -2.07. The van der Waals surface area contributed by atoms with E-state index in [9.17, 15) is 0 Å². The number of thiophene rings is 1. The van der Waals surface area contributed by atoms with E-state index >= 15 is 0 Å². The zero-order valence-electron chi connectivity index (χ0n) is 8.50. The molecule has 1 aromatic rings. The topological polar surface area (TPSA) is 26.0 Å². The van der Waals surface area contributed by atoms with E-state index in [4.69, 9.17) is 5.73 Å². The molecule has 0 aliphatic carbocycles. The van der Waals surface area contributed by atoms with Gasteiger partial charge in [0.15, 0.2) is 0 Å². The van der Waals surface area contributed by atoms with Crippen molar-refractivity contribution in [2.24, 2.45) is 5.73 Å². The van der Waals surface area contributed by atoms with Crippen molar-refractivity contribution in [3.8, 4) is 0 Å². The van der Waals surface area contributed by atoms with E-state index < -0.39 is 0 Å². The molecular formula is C11H17NS. The molecule has 0 spiro atoms. The molecule has 0 aliphatic heterocycles. The highest BCUT2D eigenvalue weighted by atomic mass is 32.1. The SMILES string of the molecule is CCc1ccsc1C(N)C=C(C)C. The fourth-order valence-electron chi connectivity index (χ4n) is 1.37. The predicted octanol–water partition coefficient (Wildman–Crippen LogP) is 3.28. The fraction of sp³-hybridized carbons (Fsp3) is 0.455. The number of allylic oxidation sites excluding steroid dienone is 1. The second-order valence-corrected chi connectivity index (χ2v) is 4.38. The van der Waals surface area contributed by atoms with Gasteiger partial charge in [0.2, 0.25) is 0 Å². The summed E-state index contributed by atoms with van der Waals surface area (Å²) in [4.78, 5) is 1.31. The van der Waals surface area contributed by atoms with Crippen molar-refractivity contribution in [1.29, 1.82) is 0 Å². The quantitative estimate of drug-likeness (QED) is 0.736. The van der Waals surface area contributed by atoms with Crippen molar-refractivity contribution in [3.05, 3.63) is 33.5 Å². The van der Waals surface area contributed by atoms with Gasteiger partial charge in [0.05, 0.1) is 6.04 Å². The molecule has 0 radical (unpaired) electrons. The zero-order chi connectivity index (χ0) is 9.84. The third kappa shape index (κ3) is 2.68. The third-order valence-electron chi connectivity index (χ3n) is 1.98. The van der Waals surface area contributed by atoms with Crippen LogP contribution in [0, 0.1) is 0 Å². The van der Waals surface area contributed by atoms with E-state index in [1.54, 1.807) is 11.3 Å². The van der Waals surface area contributed by atoms with Gasteiger partial charge in [0, 0.05) is 4.88 Å². The summed E-state index contributed by atoms with van der Waals surface area (Å²) in [6.07, 6.45) is 3.19. The smallest absolute Gasteiger partial charge is 0.0580 e. The molecule has 1 aromatic heterocycles. The Balaban J connectivity index is 2.88. The second kappa shape index (κ2) is 4.58. The van der Waals surface area contributed by atoms with Crippen molar-refractivity contribution in [2.75, 3.05) is 0 Å². The summed E-state index contributed by atoms with van der Waals surface area (Å²) in [5, 5.41) is 2.12. The van der Waals surface area contributed by atoms with Crippen LogP contribution in [-0.2, 0) is 6.42 Å². The molecule has 72 valence electrons. The molecule has 1 nitrogen and oxygen atoms in total. The van der Waals surface area contributed by atoms with Crippen LogP contribution in [0.5, 0.6) is 0 Å². The lowest BCUT2D eigenvalue weighted by molar-refractivity contribution is 0.900. The first kappa shape index (κ1) is 10.5. The Morgan fingerprint density at radius 3 is 2.85 bits per heavy atom. The highest BCUT2D eigenvalue weighted by molar-refractivity contribution is 7.10. The van der Waals surface area contributed by atoms with E-state index in [2.05, 4.69) is 38.3 Å². The molecule has 1 rings (SSSR count). The van der Waals surface area contributed by atoms with E-state index in [-0.39, 0.29) is 6.04 Å². The minimum atomic E-state index is 0.0833. The first-order chi connectivity index (χ1) is 6.15. The van der Waals surface area contributed by atoms with Crippen LogP contribution in [0.4, 0.5) is 0 Å². The minimum absolute atomic E-state index is 0.0833. The molecule has 0 fully saturated rings. The van der Waals surface area contributed by atoms with Gasteiger partial charge in [-0.1, -0.05) is 18.6 Å². The molecule has 0 aliphatic rings. The summed E-state index contributed by atoms with van der Waals surface area (Å²) in [5.41, 5.74) is 8.72. The number of rotatable bonds is 3. The zero-order valence-corrected chi connectivity index (χ0v) is 9.32. The first-order valence-corrected chi connectivity index (χ1v) is 5.50. The summed E-state index contributed by atoms with van der Waals surface area (Å²) < 4.78 is 0. The number of aryl methyl sites for hydroxylation is 1. The van der Waals surface area contributed by atoms with Crippen molar-refractivity contribution < 1.29 is 0 Å². The Morgan fingerprint density at radius 1 is 1.62 bits per heavy atom. The lowest BCUT2D eigenvalue weighted by atomic mass is 10.1. The van der Waals surface area contributed by atoms with Gasteiger partial charge >= 0.3 is 0 Å². The molecular weight excluding hydrogens is 178 g/mol. The van der Waals surface area contributed by atoms with E-state index in [1.807, 2.05) is 0 Å². The molecule has 0 bridgehead atoms. The number of hydrogen-bond acceptors (Lipinski definition) is 2. The summed E-state index contributed by atoms with van der Waals surface area (Å²) in [6, 6.07) is 2.25.